The lowest BCUT2D eigenvalue weighted by molar-refractivity contribution is 1.04. The Morgan fingerprint density at radius 3 is 2.80 bits per heavy atom. The van der Waals surface area contributed by atoms with Crippen molar-refractivity contribution in [1.82, 2.24) is 0 Å². The average Bonchev–Trinajstić information content (AvgIpc) is 2.33. The minimum Gasteiger partial charge on any atom is -0.305 e. The van der Waals surface area contributed by atoms with Crippen LogP contribution in [0.5, 0.6) is 0 Å². The molecule has 1 aliphatic carbocycles. The summed E-state index contributed by atoms with van der Waals surface area (Å²) in [5.74, 6) is 0. The Hall–Kier alpha value is -0.850. The van der Waals surface area contributed by atoms with Crippen molar-refractivity contribution < 1.29 is 0 Å². The summed E-state index contributed by atoms with van der Waals surface area (Å²) in [4.78, 5) is 0. The van der Waals surface area contributed by atoms with Gasteiger partial charge < -0.3 is 5.41 Å². The predicted molar refractivity (Wildman–Crippen MR) is 44.5 cm³/mol. The smallest absolute Gasteiger partial charge is 0.0354 e. The lowest BCUT2D eigenvalue weighted by Crippen LogP contribution is -1.93. The summed E-state index contributed by atoms with van der Waals surface area (Å²) in [6.07, 6.45) is 6.33. The van der Waals surface area contributed by atoms with Crippen LogP contribution in [0.3, 0.4) is 0 Å². The fourth-order valence-electron chi connectivity index (χ4n) is 1.27. The monoisotopic (exact) mass is 135 g/mol. The third kappa shape index (κ3) is 1.18. The van der Waals surface area contributed by atoms with Gasteiger partial charge in [0.1, 0.15) is 0 Å². The average molecular weight is 135 g/mol. The summed E-state index contributed by atoms with van der Waals surface area (Å²) >= 11 is 0. The van der Waals surface area contributed by atoms with Crippen molar-refractivity contribution in [1.29, 1.82) is 5.41 Å². The summed E-state index contributed by atoms with van der Waals surface area (Å²) in [5, 5.41) is 7.42. The number of hydrogen-bond acceptors (Lipinski definition) is 1. The Labute approximate surface area is 62.0 Å². The molecule has 0 aromatic rings. The van der Waals surface area contributed by atoms with E-state index in [9.17, 15) is 0 Å². The highest BCUT2D eigenvalue weighted by molar-refractivity contribution is 5.99. The molecule has 0 fully saturated rings. The van der Waals surface area contributed by atoms with E-state index in [4.69, 9.17) is 5.41 Å². The molecule has 0 aliphatic heterocycles. The molecule has 10 heavy (non-hydrogen) atoms. The van der Waals surface area contributed by atoms with E-state index in [0.717, 1.165) is 18.4 Å². The van der Waals surface area contributed by atoms with Crippen LogP contribution in [0.1, 0.15) is 26.7 Å². The fourth-order valence-corrected chi connectivity index (χ4v) is 1.27. The van der Waals surface area contributed by atoms with Crippen molar-refractivity contribution in [3.8, 4) is 0 Å². The van der Waals surface area contributed by atoms with E-state index >= 15 is 0 Å². The second kappa shape index (κ2) is 2.82. The summed E-state index contributed by atoms with van der Waals surface area (Å²) in [5.41, 5.74) is 3.26. The second-order valence-electron chi connectivity index (χ2n) is 2.60. The van der Waals surface area contributed by atoms with Crippen LogP contribution >= 0.6 is 0 Å². The first-order valence-electron chi connectivity index (χ1n) is 3.69. The molecule has 0 aromatic heterocycles. The van der Waals surface area contributed by atoms with E-state index < -0.39 is 0 Å². The van der Waals surface area contributed by atoms with E-state index in [1.807, 2.05) is 6.92 Å². The summed E-state index contributed by atoms with van der Waals surface area (Å²) in [6, 6.07) is 0. The largest absolute Gasteiger partial charge is 0.305 e. The maximum atomic E-state index is 7.42. The summed E-state index contributed by atoms with van der Waals surface area (Å²) in [7, 11) is 0. The fraction of sp³-hybridized carbons (Fsp3) is 0.444. The number of rotatable bonds is 2. The third-order valence-electron chi connectivity index (χ3n) is 1.86. The SMILES string of the molecule is CCC1=C(C(C)=N)C=CC1. The second-order valence-corrected chi connectivity index (χ2v) is 2.60. The lowest BCUT2D eigenvalue weighted by Gasteiger charge is -2.00. The molecule has 1 rings (SSSR count). The van der Waals surface area contributed by atoms with Crippen LogP contribution in [-0.4, -0.2) is 5.71 Å². The quantitative estimate of drug-likeness (QED) is 0.563. The van der Waals surface area contributed by atoms with Gasteiger partial charge in [-0.25, -0.2) is 0 Å². The number of hydrogen-bond donors (Lipinski definition) is 1. The van der Waals surface area contributed by atoms with Gasteiger partial charge in [-0.2, -0.15) is 0 Å². The van der Waals surface area contributed by atoms with Gasteiger partial charge in [0.25, 0.3) is 0 Å². The van der Waals surface area contributed by atoms with Crippen molar-refractivity contribution in [2.75, 3.05) is 0 Å². The van der Waals surface area contributed by atoms with Gasteiger partial charge in [0.2, 0.25) is 0 Å². The molecule has 54 valence electrons. The van der Waals surface area contributed by atoms with Gasteiger partial charge >= 0.3 is 0 Å². The van der Waals surface area contributed by atoms with E-state index in [1.54, 1.807) is 0 Å². The van der Waals surface area contributed by atoms with E-state index in [0.29, 0.717) is 5.71 Å². The third-order valence-corrected chi connectivity index (χ3v) is 1.86. The molecule has 1 aliphatic rings. The molecule has 0 bridgehead atoms. The highest BCUT2D eigenvalue weighted by atomic mass is 14.4. The molecule has 0 heterocycles. The Kier molecular flexibility index (Phi) is 2.05. The Balaban J connectivity index is 2.87. The molecule has 1 N–H and O–H groups in total. The first kappa shape index (κ1) is 7.26. The Morgan fingerprint density at radius 2 is 2.40 bits per heavy atom. The zero-order valence-electron chi connectivity index (χ0n) is 6.57. The van der Waals surface area contributed by atoms with Crippen molar-refractivity contribution in [2.24, 2.45) is 0 Å². The van der Waals surface area contributed by atoms with Gasteiger partial charge in [0, 0.05) is 5.71 Å². The molecule has 0 saturated heterocycles. The van der Waals surface area contributed by atoms with E-state index in [1.165, 1.54) is 5.57 Å². The van der Waals surface area contributed by atoms with Crippen LogP contribution in [0.2, 0.25) is 0 Å². The van der Waals surface area contributed by atoms with Crippen molar-refractivity contribution in [3.63, 3.8) is 0 Å². The van der Waals surface area contributed by atoms with Gasteiger partial charge in [0.05, 0.1) is 0 Å². The first-order valence-corrected chi connectivity index (χ1v) is 3.69. The van der Waals surface area contributed by atoms with Crippen LogP contribution in [0.25, 0.3) is 0 Å². The van der Waals surface area contributed by atoms with Gasteiger partial charge in [-0.1, -0.05) is 24.6 Å². The minimum atomic E-state index is 0.700. The van der Waals surface area contributed by atoms with Gasteiger partial charge in [-0.15, -0.1) is 0 Å². The van der Waals surface area contributed by atoms with Crippen LogP contribution in [-0.2, 0) is 0 Å². The van der Waals surface area contributed by atoms with Crippen LogP contribution < -0.4 is 0 Å². The predicted octanol–water partition coefficient (Wildman–Crippen LogP) is 2.69. The molecule has 1 nitrogen and oxygen atoms in total. The van der Waals surface area contributed by atoms with Crippen LogP contribution in [0.4, 0.5) is 0 Å². The Bertz CT molecular complexity index is 209. The van der Waals surface area contributed by atoms with E-state index in [-0.39, 0.29) is 0 Å². The molecule has 1 heteroatoms. The molecular formula is C9H13N. The minimum absolute atomic E-state index is 0.700. The van der Waals surface area contributed by atoms with Crippen molar-refractivity contribution >= 4 is 5.71 Å². The molecular weight excluding hydrogens is 122 g/mol. The summed E-state index contributed by atoms with van der Waals surface area (Å²) < 4.78 is 0. The first-order chi connectivity index (χ1) is 4.75. The molecule has 0 unspecified atom stereocenters. The Morgan fingerprint density at radius 1 is 1.70 bits per heavy atom. The highest BCUT2D eigenvalue weighted by Gasteiger charge is 2.07. The molecule has 0 atom stereocenters. The lowest BCUT2D eigenvalue weighted by atomic mass is 10.1. The molecule has 0 amide bonds. The normalized spacial score (nSPS) is 16.6. The van der Waals surface area contributed by atoms with Crippen molar-refractivity contribution in [2.45, 2.75) is 26.7 Å². The maximum Gasteiger partial charge on any atom is 0.0354 e. The van der Waals surface area contributed by atoms with Crippen LogP contribution in [0.15, 0.2) is 23.3 Å². The molecule has 0 aromatic carbocycles. The van der Waals surface area contributed by atoms with Crippen molar-refractivity contribution in [3.05, 3.63) is 23.3 Å². The maximum absolute atomic E-state index is 7.42. The topological polar surface area (TPSA) is 23.9 Å². The van der Waals surface area contributed by atoms with Crippen LogP contribution in [0, 0.1) is 5.41 Å². The van der Waals surface area contributed by atoms with Gasteiger partial charge in [-0.3, -0.25) is 0 Å². The zero-order valence-corrected chi connectivity index (χ0v) is 6.57. The van der Waals surface area contributed by atoms with E-state index in [2.05, 4.69) is 19.1 Å². The molecule has 0 saturated carbocycles. The van der Waals surface area contributed by atoms with Gasteiger partial charge in [-0.05, 0) is 25.3 Å². The number of allylic oxidation sites excluding steroid dienone is 4. The van der Waals surface area contributed by atoms with Gasteiger partial charge in [0.15, 0.2) is 0 Å². The highest BCUT2D eigenvalue weighted by Crippen LogP contribution is 2.21. The molecule has 0 spiro atoms. The molecule has 0 radical (unpaired) electrons. The number of nitrogens with one attached hydrogen (secondary N) is 1. The summed E-state index contributed by atoms with van der Waals surface area (Å²) in [6.45, 7) is 3.99. The zero-order chi connectivity index (χ0) is 7.56. The standard InChI is InChI=1S/C9H13N/c1-3-8-5-4-6-9(8)7(2)10/h4,6,10H,3,5H2,1-2H3.